The zero-order valence-electron chi connectivity index (χ0n) is 41.3. The molecule has 4 heteroatoms. The zero-order valence-corrected chi connectivity index (χ0v) is 41.3. The highest BCUT2D eigenvalue weighted by atomic mass is 15.2. The average Bonchev–Trinajstić information content (AvgIpc) is 3.49. The summed E-state index contributed by atoms with van der Waals surface area (Å²) in [6.45, 7) is 0. The van der Waals surface area contributed by atoms with Gasteiger partial charge >= 0.3 is 0 Å². The van der Waals surface area contributed by atoms with Crippen molar-refractivity contribution in [1.29, 1.82) is 10.5 Å². The number of benzene rings is 13. The largest absolute Gasteiger partial charge is 0.309 e. The van der Waals surface area contributed by atoms with Crippen molar-refractivity contribution in [2.24, 2.45) is 0 Å². The number of rotatable bonds is 10. The van der Waals surface area contributed by atoms with Crippen molar-refractivity contribution >= 4 is 123 Å². The van der Waals surface area contributed by atoms with Crippen LogP contribution in [0, 0.1) is 22.7 Å². The van der Waals surface area contributed by atoms with Crippen LogP contribution >= 0.6 is 0 Å². The molecule has 0 saturated carbocycles. The quantitative estimate of drug-likeness (QED) is 0.101. The Morgan fingerprint density at radius 3 is 0.842 bits per heavy atom. The van der Waals surface area contributed by atoms with E-state index in [2.05, 4.69) is 265 Å². The number of fused-ring (bicyclic) bond motifs is 6. The van der Waals surface area contributed by atoms with E-state index in [1.54, 1.807) is 0 Å². The normalized spacial score (nSPS) is 11.6. The predicted octanol–water partition coefficient (Wildman–Crippen LogP) is 19.6. The smallest absolute Gasteiger partial charge is 0.100 e. The Labute approximate surface area is 441 Å². The number of hydrogen-bond donors (Lipinski definition) is 0. The Morgan fingerprint density at radius 1 is 0.250 bits per heavy atom. The Kier molecular flexibility index (Phi) is 11.6. The van der Waals surface area contributed by atoms with Crippen LogP contribution in [-0.2, 0) is 0 Å². The Hall–Kier alpha value is -10.5. The minimum absolute atomic E-state index is 0.554. The molecule has 0 fully saturated rings. The molecular formula is C72H46N4. The van der Waals surface area contributed by atoms with Crippen LogP contribution < -0.4 is 9.80 Å². The van der Waals surface area contributed by atoms with E-state index in [4.69, 9.17) is 0 Å². The van der Waals surface area contributed by atoms with Gasteiger partial charge in [0.05, 0.1) is 33.9 Å². The summed E-state index contributed by atoms with van der Waals surface area (Å²) < 4.78 is 0. The van der Waals surface area contributed by atoms with Crippen LogP contribution in [0.3, 0.4) is 0 Å². The van der Waals surface area contributed by atoms with Gasteiger partial charge in [0.1, 0.15) is 12.1 Å². The topological polar surface area (TPSA) is 54.1 Å². The molecule has 13 aromatic carbocycles. The van der Waals surface area contributed by atoms with Crippen LogP contribution in [-0.4, -0.2) is 0 Å². The molecule has 0 aliphatic carbocycles. The first-order valence-electron chi connectivity index (χ1n) is 25.5. The van der Waals surface area contributed by atoms with Gasteiger partial charge in [0.2, 0.25) is 0 Å². The van der Waals surface area contributed by atoms with Gasteiger partial charge in [-0.3, -0.25) is 0 Å². The first kappa shape index (κ1) is 45.4. The van der Waals surface area contributed by atoms with Gasteiger partial charge in [0, 0.05) is 54.5 Å². The van der Waals surface area contributed by atoms with Gasteiger partial charge in [-0.15, -0.1) is 0 Å². The molecule has 0 unspecified atom stereocenters. The van der Waals surface area contributed by atoms with Crippen molar-refractivity contribution in [2.45, 2.75) is 0 Å². The fourth-order valence-corrected chi connectivity index (χ4v) is 11.0. The van der Waals surface area contributed by atoms with Crippen molar-refractivity contribution in [3.8, 4) is 12.1 Å². The van der Waals surface area contributed by atoms with E-state index in [1.807, 2.05) is 36.4 Å². The van der Waals surface area contributed by atoms with Crippen molar-refractivity contribution in [3.63, 3.8) is 0 Å². The second kappa shape index (κ2) is 19.5. The Morgan fingerprint density at radius 2 is 0.526 bits per heavy atom. The van der Waals surface area contributed by atoms with E-state index in [-0.39, 0.29) is 0 Å². The van der Waals surface area contributed by atoms with Crippen LogP contribution in [0.4, 0.5) is 34.1 Å². The molecule has 13 rings (SSSR count). The summed E-state index contributed by atoms with van der Waals surface area (Å²) in [6.07, 6.45) is 8.35. The lowest BCUT2D eigenvalue weighted by Gasteiger charge is -2.28. The summed E-state index contributed by atoms with van der Waals surface area (Å²) in [7, 11) is 0. The maximum atomic E-state index is 10.7. The summed E-state index contributed by atoms with van der Waals surface area (Å²) in [6, 6.07) is 94.4. The third kappa shape index (κ3) is 8.23. The fourth-order valence-electron chi connectivity index (χ4n) is 11.0. The van der Waals surface area contributed by atoms with Crippen molar-refractivity contribution in [2.75, 3.05) is 9.80 Å². The minimum atomic E-state index is 0.554. The highest BCUT2D eigenvalue weighted by molar-refractivity contribution is 6.11. The summed E-state index contributed by atoms with van der Waals surface area (Å²) in [5.41, 5.74) is 11.6. The van der Waals surface area contributed by atoms with Gasteiger partial charge in [-0.1, -0.05) is 218 Å². The molecule has 76 heavy (non-hydrogen) atoms. The number of anilines is 6. The third-order valence-corrected chi connectivity index (χ3v) is 14.7. The molecule has 0 N–H and O–H groups in total. The molecule has 354 valence electrons. The Balaban J connectivity index is 0.793. The molecule has 4 nitrogen and oxygen atoms in total. The minimum Gasteiger partial charge on any atom is -0.309 e. The van der Waals surface area contributed by atoms with Gasteiger partial charge in [-0.05, 0) is 104 Å². The zero-order chi connectivity index (χ0) is 51.0. The molecule has 0 atom stereocenters. The number of nitrogens with zero attached hydrogens (tertiary/aromatic N) is 4. The van der Waals surface area contributed by atoms with E-state index in [9.17, 15) is 10.5 Å². The van der Waals surface area contributed by atoms with Gasteiger partial charge in [0.15, 0.2) is 0 Å². The second-order valence-electron chi connectivity index (χ2n) is 19.1. The lowest BCUT2D eigenvalue weighted by atomic mass is 9.90. The van der Waals surface area contributed by atoms with Gasteiger partial charge in [-0.2, -0.15) is 10.5 Å². The van der Waals surface area contributed by atoms with Crippen LogP contribution in [0.25, 0.3) is 88.9 Å². The number of hydrogen-bond acceptors (Lipinski definition) is 4. The van der Waals surface area contributed by atoms with Crippen molar-refractivity contribution in [3.05, 3.63) is 288 Å². The monoisotopic (exact) mass is 966 g/mol. The molecular weight excluding hydrogens is 921 g/mol. The molecule has 0 saturated heterocycles. The number of nitriles is 2. The molecule has 0 heterocycles. The van der Waals surface area contributed by atoms with Crippen LogP contribution in [0.15, 0.2) is 255 Å². The Bertz CT molecular complexity index is 4080. The summed E-state index contributed by atoms with van der Waals surface area (Å²) in [5.74, 6) is 0. The van der Waals surface area contributed by atoms with E-state index >= 15 is 0 Å². The second-order valence-corrected chi connectivity index (χ2v) is 19.1. The van der Waals surface area contributed by atoms with Crippen LogP contribution in [0.5, 0.6) is 0 Å². The maximum Gasteiger partial charge on any atom is 0.100 e. The predicted molar refractivity (Wildman–Crippen MR) is 321 cm³/mol. The van der Waals surface area contributed by atoms with Gasteiger partial charge < -0.3 is 9.80 Å². The molecule has 0 radical (unpaired) electrons. The first-order valence-corrected chi connectivity index (χ1v) is 25.5. The SMILES string of the molecule is N#Cc1c2ccc(C=Cc3ccc(N(c4cccc5ccccc45)c4cccc5ccccc45)cc3)cc2c(C#N)c2ccc(C=Cc3ccc(N(c4cccc5ccccc45)c4cccc5ccccc45)cc3)cc12. The molecule has 0 aliphatic rings. The van der Waals surface area contributed by atoms with Crippen LogP contribution in [0.2, 0.25) is 0 Å². The summed E-state index contributed by atoms with van der Waals surface area (Å²) in [4.78, 5) is 4.71. The van der Waals surface area contributed by atoms with Gasteiger partial charge in [0.25, 0.3) is 0 Å². The third-order valence-electron chi connectivity index (χ3n) is 14.7. The highest BCUT2D eigenvalue weighted by Crippen LogP contribution is 2.44. The van der Waals surface area contributed by atoms with Crippen LogP contribution in [0.1, 0.15) is 33.4 Å². The molecule has 0 amide bonds. The lowest BCUT2D eigenvalue weighted by molar-refractivity contribution is 1.31. The first-order chi connectivity index (χ1) is 37.6. The van der Waals surface area contributed by atoms with Crippen molar-refractivity contribution in [1.82, 2.24) is 0 Å². The molecule has 0 aromatic heterocycles. The molecule has 0 spiro atoms. The summed E-state index contributed by atoms with van der Waals surface area (Å²) >= 11 is 0. The van der Waals surface area contributed by atoms with E-state index in [1.165, 1.54) is 43.1 Å². The molecule has 0 bridgehead atoms. The summed E-state index contributed by atoms with van der Waals surface area (Å²) in [5, 5.41) is 33.9. The van der Waals surface area contributed by atoms with E-state index in [0.717, 1.165) is 77.9 Å². The molecule has 0 aliphatic heterocycles. The van der Waals surface area contributed by atoms with Gasteiger partial charge in [-0.25, -0.2) is 0 Å². The van der Waals surface area contributed by atoms with Crippen molar-refractivity contribution < 1.29 is 0 Å². The standard InChI is InChI=1S/C72H46N4/c73-47-67-64-44-38-52(32-30-50-35-41-58(42-36-50)76(71-27-11-19-55-15-3-7-23-61(55)71)72-28-12-20-56-16-4-8-24-62(56)72)46-66(64)68(48-74)63-43-37-51(45-65(63)67)31-29-49-33-39-57(40-34-49)75(69-25-9-17-53-13-1-5-21-59(53)69)70-26-10-18-54-14-2-6-22-60(54)70/h1-46H. The maximum absolute atomic E-state index is 10.7. The van der Waals surface area contributed by atoms with E-state index in [0.29, 0.717) is 11.1 Å². The fraction of sp³-hybridized carbons (Fsp3) is 0. The lowest BCUT2D eigenvalue weighted by Crippen LogP contribution is -2.11. The van der Waals surface area contributed by atoms with E-state index < -0.39 is 0 Å². The molecule has 13 aromatic rings. The average molecular weight is 967 g/mol. The highest BCUT2D eigenvalue weighted by Gasteiger charge is 2.20.